The van der Waals surface area contributed by atoms with Crippen LogP contribution in [0.5, 0.6) is 5.75 Å². The summed E-state index contributed by atoms with van der Waals surface area (Å²) in [4.78, 5) is 16.5. The van der Waals surface area contributed by atoms with Crippen molar-refractivity contribution in [2.75, 3.05) is 11.9 Å². The zero-order chi connectivity index (χ0) is 17.2. The number of amides is 1. The van der Waals surface area contributed by atoms with Crippen LogP contribution in [0.1, 0.15) is 12.2 Å². The zero-order valence-electron chi connectivity index (χ0n) is 12.7. The van der Waals surface area contributed by atoms with Crippen LogP contribution in [0.3, 0.4) is 0 Å². The molecule has 1 aliphatic rings. The van der Waals surface area contributed by atoms with Gasteiger partial charge in [0.05, 0.1) is 0 Å². The monoisotopic (exact) mass is 339 g/mol. The largest absolute Gasteiger partial charge is 0.484 e. The third kappa shape index (κ3) is 4.06. The van der Waals surface area contributed by atoms with Gasteiger partial charge in [-0.3, -0.25) is 4.79 Å². The average molecular weight is 339 g/mol. The zero-order valence-corrected chi connectivity index (χ0v) is 12.7. The molecule has 2 heterocycles. The molecule has 1 aromatic carbocycles. The molecule has 3 rings (SSSR count). The van der Waals surface area contributed by atoms with Gasteiger partial charge in [-0.2, -0.15) is 13.2 Å². The summed E-state index contributed by atoms with van der Waals surface area (Å²) in [6, 6.07) is 5.84. The first-order chi connectivity index (χ1) is 11.4. The second-order valence-electron chi connectivity index (χ2n) is 5.64. The number of halogens is 3. The quantitative estimate of drug-likeness (QED) is 0.932. The molecule has 1 amide bonds. The summed E-state index contributed by atoms with van der Waals surface area (Å²) >= 11 is 0. The van der Waals surface area contributed by atoms with Crippen molar-refractivity contribution in [1.82, 2.24) is 9.55 Å². The van der Waals surface area contributed by atoms with Crippen molar-refractivity contribution in [1.29, 1.82) is 0 Å². The Balaban J connectivity index is 1.55. The summed E-state index contributed by atoms with van der Waals surface area (Å²) < 4.78 is 42.9. The maximum absolute atomic E-state index is 12.3. The van der Waals surface area contributed by atoms with E-state index in [0.717, 1.165) is 18.8 Å². The molecule has 0 radical (unpaired) electrons. The number of aromatic nitrogens is 2. The standard InChI is InChI=1S/C16H16F3N3O2/c17-16(18,19)10-24-13-3-1-12(2-4-13)21-15(23)11-5-7-22-8-6-20-14(22)9-11/h1-4,6,8,11H,5,7,9-10H2,(H,21,23)/t11-/m1/s1. The van der Waals surface area contributed by atoms with Gasteiger partial charge in [-0.05, 0) is 30.7 Å². The Bertz CT molecular complexity index is 710. The van der Waals surface area contributed by atoms with Crippen LogP contribution in [0.25, 0.3) is 0 Å². The van der Waals surface area contributed by atoms with E-state index in [-0.39, 0.29) is 17.6 Å². The van der Waals surface area contributed by atoms with Gasteiger partial charge in [-0.1, -0.05) is 0 Å². The van der Waals surface area contributed by atoms with Crippen molar-refractivity contribution in [3.63, 3.8) is 0 Å². The molecule has 0 aliphatic carbocycles. The molecular weight excluding hydrogens is 323 g/mol. The summed E-state index contributed by atoms with van der Waals surface area (Å²) in [5.41, 5.74) is 0.522. The SMILES string of the molecule is O=C(Nc1ccc(OCC(F)(F)F)cc1)[C@@H]1CCn2ccnc2C1. The average Bonchev–Trinajstić information content (AvgIpc) is 3.01. The number of alkyl halides is 3. The van der Waals surface area contributed by atoms with Gasteiger partial charge in [0.25, 0.3) is 0 Å². The molecule has 5 nitrogen and oxygen atoms in total. The fourth-order valence-corrected chi connectivity index (χ4v) is 2.62. The first-order valence-electron chi connectivity index (χ1n) is 7.51. The predicted molar refractivity (Wildman–Crippen MR) is 80.7 cm³/mol. The highest BCUT2D eigenvalue weighted by Crippen LogP contribution is 2.23. The van der Waals surface area contributed by atoms with Crippen molar-refractivity contribution in [3.05, 3.63) is 42.5 Å². The number of carbonyl (C=O) groups excluding carboxylic acids is 1. The van der Waals surface area contributed by atoms with E-state index in [1.807, 2.05) is 10.8 Å². The number of nitrogens with zero attached hydrogens (tertiary/aromatic N) is 2. The first-order valence-corrected chi connectivity index (χ1v) is 7.51. The van der Waals surface area contributed by atoms with Crippen molar-refractivity contribution < 1.29 is 22.7 Å². The maximum atomic E-state index is 12.3. The number of ether oxygens (including phenoxy) is 1. The number of imidazole rings is 1. The van der Waals surface area contributed by atoms with Gasteiger partial charge >= 0.3 is 6.18 Å². The Labute approximate surface area is 136 Å². The van der Waals surface area contributed by atoms with Gasteiger partial charge < -0.3 is 14.6 Å². The van der Waals surface area contributed by atoms with E-state index in [1.165, 1.54) is 24.3 Å². The van der Waals surface area contributed by atoms with Gasteiger partial charge in [-0.15, -0.1) is 0 Å². The minimum Gasteiger partial charge on any atom is -0.484 e. The van der Waals surface area contributed by atoms with Crippen molar-refractivity contribution >= 4 is 11.6 Å². The number of benzene rings is 1. The second kappa shape index (κ2) is 6.54. The highest BCUT2D eigenvalue weighted by Gasteiger charge is 2.28. The van der Waals surface area contributed by atoms with E-state index >= 15 is 0 Å². The van der Waals surface area contributed by atoms with Gasteiger partial charge in [0, 0.05) is 37.0 Å². The fourth-order valence-electron chi connectivity index (χ4n) is 2.62. The Kier molecular flexibility index (Phi) is 4.46. The number of hydrogen-bond donors (Lipinski definition) is 1. The minimum absolute atomic E-state index is 0.102. The molecule has 1 aliphatic heterocycles. The van der Waals surface area contributed by atoms with Crippen LogP contribution in [-0.4, -0.2) is 28.2 Å². The molecule has 0 unspecified atom stereocenters. The normalized spacial score (nSPS) is 17.2. The molecular formula is C16H16F3N3O2. The van der Waals surface area contributed by atoms with E-state index in [9.17, 15) is 18.0 Å². The van der Waals surface area contributed by atoms with Crippen molar-refractivity contribution in [3.8, 4) is 5.75 Å². The third-order valence-corrected chi connectivity index (χ3v) is 3.84. The lowest BCUT2D eigenvalue weighted by molar-refractivity contribution is -0.153. The molecule has 0 fully saturated rings. The summed E-state index contributed by atoms with van der Waals surface area (Å²) in [6.45, 7) is -0.592. The summed E-state index contributed by atoms with van der Waals surface area (Å²) in [6.07, 6.45) is 0.533. The second-order valence-corrected chi connectivity index (χ2v) is 5.64. The highest BCUT2D eigenvalue weighted by molar-refractivity contribution is 5.92. The lowest BCUT2D eigenvalue weighted by atomic mass is 9.97. The Morgan fingerprint density at radius 1 is 1.33 bits per heavy atom. The lowest BCUT2D eigenvalue weighted by Crippen LogP contribution is -2.30. The van der Waals surface area contributed by atoms with Crippen molar-refractivity contribution in [2.45, 2.75) is 25.6 Å². The number of carbonyl (C=O) groups is 1. The summed E-state index contributed by atoms with van der Waals surface area (Å²) in [5, 5.41) is 2.78. The molecule has 128 valence electrons. The van der Waals surface area contributed by atoms with E-state index in [0.29, 0.717) is 12.1 Å². The van der Waals surface area contributed by atoms with Gasteiger partial charge in [0.2, 0.25) is 5.91 Å². The van der Waals surface area contributed by atoms with Gasteiger partial charge in [-0.25, -0.2) is 4.98 Å². The minimum atomic E-state index is -4.38. The first kappa shape index (κ1) is 16.4. The number of aryl methyl sites for hydroxylation is 1. The van der Waals surface area contributed by atoms with E-state index < -0.39 is 12.8 Å². The lowest BCUT2D eigenvalue weighted by Gasteiger charge is -2.22. The molecule has 8 heteroatoms. The van der Waals surface area contributed by atoms with Gasteiger partial charge in [0.15, 0.2) is 6.61 Å². The van der Waals surface area contributed by atoms with E-state index in [1.54, 1.807) is 6.20 Å². The van der Waals surface area contributed by atoms with Crippen LogP contribution in [0.4, 0.5) is 18.9 Å². The Hall–Kier alpha value is -2.51. The maximum Gasteiger partial charge on any atom is 0.422 e. The predicted octanol–water partition coefficient (Wildman–Crippen LogP) is 3.03. The van der Waals surface area contributed by atoms with Crippen LogP contribution in [0, 0.1) is 5.92 Å². The molecule has 1 N–H and O–H groups in total. The molecule has 0 spiro atoms. The molecule has 1 atom stereocenters. The highest BCUT2D eigenvalue weighted by atomic mass is 19.4. The molecule has 0 bridgehead atoms. The molecule has 1 aromatic heterocycles. The molecule has 0 saturated heterocycles. The van der Waals surface area contributed by atoms with Crippen LogP contribution in [0.2, 0.25) is 0 Å². The van der Waals surface area contributed by atoms with Crippen LogP contribution >= 0.6 is 0 Å². The van der Waals surface area contributed by atoms with Gasteiger partial charge in [0.1, 0.15) is 11.6 Å². The van der Waals surface area contributed by atoms with E-state index in [2.05, 4.69) is 15.0 Å². The smallest absolute Gasteiger partial charge is 0.422 e. The van der Waals surface area contributed by atoms with Crippen molar-refractivity contribution in [2.24, 2.45) is 5.92 Å². The van der Waals surface area contributed by atoms with Crippen LogP contribution in [-0.2, 0) is 17.8 Å². The number of anilines is 1. The molecule has 2 aromatic rings. The Morgan fingerprint density at radius 2 is 2.08 bits per heavy atom. The topological polar surface area (TPSA) is 56.1 Å². The fraction of sp³-hybridized carbons (Fsp3) is 0.375. The molecule has 24 heavy (non-hydrogen) atoms. The third-order valence-electron chi connectivity index (χ3n) is 3.84. The molecule has 0 saturated carbocycles. The summed E-state index contributed by atoms with van der Waals surface area (Å²) in [5.74, 6) is 0.705. The number of rotatable bonds is 4. The summed E-state index contributed by atoms with van der Waals surface area (Å²) in [7, 11) is 0. The van der Waals surface area contributed by atoms with E-state index in [4.69, 9.17) is 0 Å². The van der Waals surface area contributed by atoms with Crippen LogP contribution in [0.15, 0.2) is 36.7 Å². The number of nitrogens with one attached hydrogen (secondary N) is 1. The Morgan fingerprint density at radius 3 is 2.79 bits per heavy atom. The number of hydrogen-bond acceptors (Lipinski definition) is 3. The number of fused-ring (bicyclic) bond motifs is 1. The van der Waals surface area contributed by atoms with Crippen LogP contribution < -0.4 is 10.1 Å².